The number of halogens is 2. The van der Waals surface area contributed by atoms with Crippen molar-refractivity contribution in [3.05, 3.63) is 81.8 Å². The summed E-state index contributed by atoms with van der Waals surface area (Å²) in [5, 5.41) is 3.69. The summed E-state index contributed by atoms with van der Waals surface area (Å²) in [6.45, 7) is 3.58. The number of anilines is 1. The van der Waals surface area contributed by atoms with E-state index in [1.54, 1.807) is 31.2 Å². The Morgan fingerprint density at radius 3 is 2.13 bits per heavy atom. The number of carbonyl (C=O) groups excluding carboxylic acids is 1. The molecule has 7 heteroatoms. The highest BCUT2D eigenvalue weighted by molar-refractivity contribution is 7.91. The van der Waals surface area contributed by atoms with Crippen molar-refractivity contribution in [1.29, 1.82) is 0 Å². The summed E-state index contributed by atoms with van der Waals surface area (Å²) < 4.78 is 23.8. The number of hydrogen-bond donors (Lipinski definition) is 1. The van der Waals surface area contributed by atoms with Crippen LogP contribution in [0.3, 0.4) is 0 Å². The van der Waals surface area contributed by atoms with Crippen molar-refractivity contribution in [3.63, 3.8) is 0 Å². The summed E-state index contributed by atoms with van der Waals surface area (Å²) in [6.07, 6.45) is 0.0984. The fourth-order valence-electron chi connectivity index (χ4n) is 3.13. The molecule has 0 radical (unpaired) electrons. The molecule has 0 aliphatic rings. The number of nitrogens with one attached hydrogen (secondary N) is 1. The molecule has 30 heavy (non-hydrogen) atoms. The van der Waals surface area contributed by atoms with Crippen LogP contribution in [-0.4, -0.2) is 20.1 Å². The highest BCUT2D eigenvalue weighted by atomic mass is 35.5. The summed E-state index contributed by atoms with van der Waals surface area (Å²) in [5.41, 5.74) is 3.91. The molecule has 1 N–H and O–H groups in total. The van der Waals surface area contributed by atoms with Gasteiger partial charge in [-0.15, -0.1) is 0 Å². The van der Waals surface area contributed by atoms with E-state index in [-0.39, 0.29) is 23.0 Å². The van der Waals surface area contributed by atoms with E-state index in [1.165, 1.54) is 12.1 Å². The predicted molar refractivity (Wildman–Crippen MR) is 123 cm³/mol. The maximum absolute atomic E-state index is 12.4. The SMILES string of the molecule is CCS(=O)(=O)c1ccc(CC(=O)Nc2cc(Cl)c(-c3ccccc3C)c(Cl)c2)cc1. The Bertz CT molecular complexity index is 1170. The van der Waals surface area contributed by atoms with Crippen molar-refractivity contribution in [2.45, 2.75) is 25.2 Å². The van der Waals surface area contributed by atoms with Crippen LogP contribution in [0.1, 0.15) is 18.1 Å². The summed E-state index contributed by atoms with van der Waals surface area (Å²) in [7, 11) is -3.26. The second-order valence-corrected chi connectivity index (χ2v) is 9.99. The van der Waals surface area contributed by atoms with Crippen LogP contribution >= 0.6 is 23.2 Å². The van der Waals surface area contributed by atoms with Crippen molar-refractivity contribution in [1.82, 2.24) is 0 Å². The van der Waals surface area contributed by atoms with Crippen LogP contribution in [0.4, 0.5) is 5.69 Å². The Labute approximate surface area is 186 Å². The lowest BCUT2D eigenvalue weighted by molar-refractivity contribution is -0.115. The maximum Gasteiger partial charge on any atom is 0.228 e. The lowest BCUT2D eigenvalue weighted by Gasteiger charge is -2.13. The van der Waals surface area contributed by atoms with Gasteiger partial charge in [-0.3, -0.25) is 4.79 Å². The third-order valence-corrected chi connectivity index (χ3v) is 7.11. The van der Waals surface area contributed by atoms with Crippen molar-refractivity contribution in [2.75, 3.05) is 11.1 Å². The Balaban J connectivity index is 1.75. The largest absolute Gasteiger partial charge is 0.326 e. The smallest absolute Gasteiger partial charge is 0.228 e. The summed E-state index contributed by atoms with van der Waals surface area (Å²) in [6, 6.07) is 17.5. The molecule has 3 aromatic rings. The second-order valence-electron chi connectivity index (χ2n) is 6.90. The first kappa shape index (κ1) is 22.3. The van der Waals surface area contributed by atoms with Gasteiger partial charge in [0, 0.05) is 11.3 Å². The van der Waals surface area contributed by atoms with Crippen LogP contribution in [0.25, 0.3) is 11.1 Å². The first-order chi connectivity index (χ1) is 14.2. The molecule has 0 aromatic heterocycles. The van der Waals surface area contributed by atoms with Crippen LogP contribution in [-0.2, 0) is 21.1 Å². The monoisotopic (exact) mass is 461 g/mol. The molecule has 3 aromatic carbocycles. The maximum atomic E-state index is 12.4. The summed E-state index contributed by atoms with van der Waals surface area (Å²) in [4.78, 5) is 12.7. The lowest BCUT2D eigenvalue weighted by Crippen LogP contribution is -2.14. The minimum atomic E-state index is -3.26. The van der Waals surface area contributed by atoms with E-state index >= 15 is 0 Å². The minimum Gasteiger partial charge on any atom is -0.326 e. The molecule has 0 unspecified atom stereocenters. The van der Waals surface area contributed by atoms with E-state index in [0.29, 0.717) is 21.3 Å². The molecule has 0 aliphatic heterocycles. The van der Waals surface area contributed by atoms with Crippen molar-refractivity contribution in [2.24, 2.45) is 0 Å². The Hall–Kier alpha value is -2.34. The fraction of sp³-hybridized carbons (Fsp3) is 0.174. The van der Waals surface area contributed by atoms with Gasteiger partial charge in [-0.25, -0.2) is 8.42 Å². The van der Waals surface area contributed by atoms with Crippen molar-refractivity contribution in [3.8, 4) is 11.1 Å². The van der Waals surface area contributed by atoms with Crippen LogP contribution in [0.2, 0.25) is 10.0 Å². The van der Waals surface area contributed by atoms with Crippen LogP contribution in [0.5, 0.6) is 0 Å². The van der Waals surface area contributed by atoms with E-state index in [2.05, 4.69) is 5.32 Å². The number of sulfone groups is 1. The highest BCUT2D eigenvalue weighted by Crippen LogP contribution is 2.38. The van der Waals surface area contributed by atoms with Gasteiger partial charge in [0.15, 0.2) is 9.84 Å². The van der Waals surface area contributed by atoms with Crippen molar-refractivity contribution < 1.29 is 13.2 Å². The van der Waals surface area contributed by atoms with E-state index in [1.807, 2.05) is 31.2 Å². The van der Waals surface area contributed by atoms with Gasteiger partial charge in [0.1, 0.15) is 0 Å². The highest BCUT2D eigenvalue weighted by Gasteiger charge is 2.15. The van der Waals surface area contributed by atoms with Crippen molar-refractivity contribution >= 4 is 44.6 Å². The molecule has 0 spiro atoms. The topological polar surface area (TPSA) is 63.2 Å². The Morgan fingerprint density at radius 1 is 0.967 bits per heavy atom. The first-order valence-corrected chi connectivity index (χ1v) is 11.8. The number of amides is 1. The van der Waals surface area contributed by atoms with Gasteiger partial charge in [0.05, 0.1) is 27.1 Å². The molecule has 0 saturated heterocycles. The van der Waals surface area contributed by atoms with Gasteiger partial charge in [-0.1, -0.05) is 66.5 Å². The second kappa shape index (κ2) is 9.21. The molecule has 0 atom stereocenters. The number of aryl methyl sites for hydroxylation is 1. The zero-order valence-electron chi connectivity index (χ0n) is 16.6. The number of carbonyl (C=O) groups is 1. The first-order valence-electron chi connectivity index (χ1n) is 9.38. The number of benzene rings is 3. The molecular formula is C23H21Cl2NO3S. The molecule has 0 fully saturated rings. The van der Waals surface area contributed by atoms with Crippen LogP contribution < -0.4 is 5.32 Å². The molecular weight excluding hydrogens is 441 g/mol. The average molecular weight is 462 g/mol. The molecule has 1 amide bonds. The zero-order chi connectivity index (χ0) is 21.9. The molecule has 156 valence electrons. The molecule has 4 nitrogen and oxygen atoms in total. The number of rotatable bonds is 6. The van der Waals surface area contributed by atoms with Gasteiger partial charge in [0.25, 0.3) is 0 Å². The lowest BCUT2D eigenvalue weighted by atomic mass is 10.00. The van der Waals surface area contributed by atoms with E-state index in [9.17, 15) is 13.2 Å². The predicted octanol–water partition coefficient (Wildman–Crippen LogP) is 5.94. The summed E-state index contributed by atoms with van der Waals surface area (Å²) >= 11 is 12.9. The number of hydrogen-bond acceptors (Lipinski definition) is 3. The molecule has 0 bridgehead atoms. The molecule has 0 aliphatic carbocycles. The van der Waals surface area contributed by atoms with Crippen LogP contribution in [0.15, 0.2) is 65.6 Å². The van der Waals surface area contributed by atoms with Gasteiger partial charge < -0.3 is 5.32 Å². The Morgan fingerprint density at radius 2 is 1.57 bits per heavy atom. The normalized spacial score (nSPS) is 11.3. The minimum absolute atomic E-state index is 0.0346. The van der Waals surface area contributed by atoms with E-state index in [4.69, 9.17) is 23.2 Å². The molecule has 0 saturated carbocycles. The fourth-order valence-corrected chi connectivity index (χ4v) is 4.70. The quantitative estimate of drug-likeness (QED) is 0.493. The van der Waals surface area contributed by atoms with Gasteiger partial charge >= 0.3 is 0 Å². The standard InChI is InChI=1S/C23H21Cl2NO3S/c1-3-30(28,29)18-10-8-16(9-11-18)12-22(27)26-17-13-20(24)23(21(25)14-17)19-7-5-4-6-15(19)2/h4-11,13-14H,3,12H2,1-2H3,(H,26,27). The molecule has 3 rings (SSSR count). The average Bonchev–Trinajstić information content (AvgIpc) is 2.69. The summed E-state index contributed by atoms with van der Waals surface area (Å²) in [5.74, 6) is -0.218. The third-order valence-electron chi connectivity index (χ3n) is 4.77. The Kier molecular flexibility index (Phi) is 6.86. The van der Waals surface area contributed by atoms with Crippen LogP contribution in [0, 0.1) is 6.92 Å². The van der Waals surface area contributed by atoms with Gasteiger partial charge in [0.2, 0.25) is 5.91 Å². The van der Waals surface area contributed by atoms with E-state index in [0.717, 1.165) is 16.7 Å². The van der Waals surface area contributed by atoms with Gasteiger partial charge in [-0.05, 0) is 47.9 Å². The van der Waals surface area contributed by atoms with Gasteiger partial charge in [-0.2, -0.15) is 0 Å². The molecule has 0 heterocycles. The van der Waals surface area contributed by atoms with E-state index < -0.39 is 9.84 Å². The third kappa shape index (κ3) is 5.04. The zero-order valence-corrected chi connectivity index (χ0v) is 18.9.